The number of imidazole rings is 1. The lowest BCUT2D eigenvalue weighted by molar-refractivity contribution is -0.134. The lowest BCUT2D eigenvalue weighted by Crippen LogP contribution is -2.41. The van der Waals surface area contributed by atoms with Gasteiger partial charge < -0.3 is 4.90 Å². The van der Waals surface area contributed by atoms with Gasteiger partial charge in [0.1, 0.15) is 6.54 Å². The van der Waals surface area contributed by atoms with Crippen LogP contribution < -0.4 is 4.90 Å². The predicted molar refractivity (Wildman–Crippen MR) is 106 cm³/mol. The molecule has 5 nitrogen and oxygen atoms in total. The maximum absolute atomic E-state index is 13.9. The van der Waals surface area contributed by atoms with E-state index in [1.165, 1.54) is 0 Å². The summed E-state index contributed by atoms with van der Waals surface area (Å²) >= 11 is 6.05. The molecule has 162 valence electrons. The lowest BCUT2D eigenvalue weighted by Gasteiger charge is -2.21. The van der Waals surface area contributed by atoms with Crippen molar-refractivity contribution in [2.75, 3.05) is 11.4 Å². The number of halogens is 5. The largest absolute Gasteiger partial charge is 0.406 e. The zero-order chi connectivity index (χ0) is 22.3. The molecule has 2 aromatic heterocycles. The van der Waals surface area contributed by atoms with E-state index in [1.54, 1.807) is 32.0 Å². The number of carbonyl (C=O) groups is 1. The third-order valence-corrected chi connectivity index (χ3v) is 6.33. The highest BCUT2D eigenvalue weighted by Gasteiger charge is 2.49. The average molecular weight is 453 g/mol. The van der Waals surface area contributed by atoms with Crippen LogP contribution in [0.2, 0.25) is 5.15 Å². The summed E-state index contributed by atoms with van der Waals surface area (Å²) in [5, 5.41) is 4.04. The molecule has 10 heteroatoms. The number of rotatable bonds is 3. The number of benzene rings is 1. The van der Waals surface area contributed by atoms with Gasteiger partial charge in [-0.25, -0.2) is 4.98 Å². The van der Waals surface area contributed by atoms with Crippen LogP contribution in [0.1, 0.15) is 48.8 Å². The van der Waals surface area contributed by atoms with Crippen LogP contribution in [0, 0.1) is 5.95 Å². The molecule has 0 N–H and O–H groups in total. The van der Waals surface area contributed by atoms with Crippen molar-refractivity contribution in [1.29, 1.82) is 0 Å². The average Bonchev–Trinajstić information content (AvgIpc) is 3.37. The zero-order valence-corrected chi connectivity index (χ0v) is 17.3. The summed E-state index contributed by atoms with van der Waals surface area (Å²) in [7, 11) is 0. The molecule has 1 aliphatic heterocycles. The van der Waals surface area contributed by atoms with Crippen LogP contribution in [0.5, 0.6) is 0 Å². The van der Waals surface area contributed by atoms with E-state index in [2.05, 4.69) is 10.1 Å². The number of fused-ring (bicyclic) bond motifs is 2. The van der Waals surface area contributed by atoms with Crippen molar-refractivity contribution in [3.63, 3.8) is 0 Å². The Hall–Kier alpha value is -2.68. The molecular weight excluding hydrogens is 436 g/mol. The molecular formula is C21H17ClF4N4O. The van der Waals surface area contributed by atoms with Crippen molar-refractivity contribution < 1.29 is 22.4 Å². The highest BCUT2D eigenvalue weighted by molar-refractivity contribution is 6.29. The number of alkyl halides is 3. The van der Waals surface area contributed by atoms with Crippen LogP contribution >= 0.6 is 11.6 Å². The number of nitrogens with zero attached hydrogens (tertiary/aromatic N) is 4. The van der Waals surface area contributed by atoms with Gasteiger partial charge in [0.2, 0.25) is 11.9 Å². The van der Waals surface area contributed by atoms with E-state index in [1.807, 2.05) is 6.07 Å². The van der Waals surface area contributed by atoms with Crippen LogP contribution in [0.25, 0.3) is 5.65 Å². The highest BCUT2D eigenvalue weighted by Crippen LogP contribution is 2.57. The summed E-state index contributed by atoms with van der Waals surface area (Å²) in [6.45, 7) is 1.94. The molecule has 31 heavy (non-hydrogen) atoms. The van der Waals surface area contributed by atoms with Gasteiger partial charge in [0.05, 0.1) is 11.6 Å². The number of hydrogen-bond donors (Lipinski definition) is 0. The maximum Gasteiger partial charge on any atom is 0.406 e. The van der Waals surface area contributed by atoms with E-state index in [9.17, 15) is 22.4 Å². The van der Waals surface area contributed by atoms with Gasteiger partial charge in [-0.15, -0.1) is 0 Å². The fourth-order valence-electron chi connectivity index (χ4n) is 4.54. The zero-order valence-electron chi connectivity index (χ0n) is 16.5. The Bertz CT molecular complexity index is 1240. The summed E-state index contributed by atoms with van der Waals surface area (Å²) in [5.74, 6) is -1.22. The second-order valence-corrected chi connectivity index (χ2v) is 8.98. The second-order valence-electron chi connectivity index (χ2n) is 8.60. The van der Waals surface area contributed by atoms with Crippen LogP contribution in [0.3, 0.4) is 0 Å². The minimum absolute atomic E-state index is 0.00104. The van der Waals surface area contributed by atoms with E-state index in [4.69, 9.17) is 11.6 Å². The van der Waals surface area contributed by atoms with E-state index < -0.39 is 30.0 Å². The molecule has 0 unspecified atom stereocenters. The first kappa shape index (κ1) is 20.2. The predicted octanol–water partition coefficient (Wildman–Crippen LogP) is 4.98. The molecule has 1 aliphatic carbocycles. The van der Waals surface area contributed by atoms with E-state index in [0.29, 0.717) is 23.3 Å². The van der Waals surface area contributed by atoms with Crippen molar-refractivity contribution in [2.45, 2.75) is 43.7 Å². The van der Waals surface area contributed by atoms with Gasteiger partial charge in [-0.05, 0) is 55.4 Å². The Balaban J connectivity index is 1.51. The first-order valence-electron chi connectivity index (χ1n) is 9.70. The molecule has 0 saturated heterocycles. The van der Waals surface area contributed by atoms with Crippen molar-refractivity contribution in [1.82, 2.24) is 14.6 Å². The smallest absolute Gasteiger partial charge is 0.302 e. The van der Waals surface area contributed by atoms with Crippen molar-refractivity contribution in [2.24, 2.45) is 0 Å². The molecule has 1 amide bonds. The maximum atomic E-state index is 13.9. The molecule has 3 aromatic rings. The topological polar surface area (TPSA) is 50.5 Å². The summed E-state index contributed by atoms with van der Waals surface area (Å²) in [6.07, 6.45) is -2.73. The van der Waals surface area contributed by atoms with Gasteiger partial charge in [0, 0.05) is 11.3 Å². The second kappa shape index (κ2) is 6.41. The lowest BCUT2D eigenvalue weighted by atomic mass is 9.85. The third kappa shape index (κ3) is 3.17. The minimum atomic E-state index is -4.50. The minimum Gasteiger partial charge on any atom is -0.302 e. The van der Waals surface area contributed by atoms with E-state index >= 15 is 0 Å². The molecule has 0 radical (unpaired) electrons. The van der Waals surface area contributed by atoms with E-state index in [0.717, 1.165) is 26.7 Å². The van der Waals surface area contributed by atoms with Gasteiger partial charge in [-0.3, -0.25) is 4.79 Å². The molecule has 1 fully saturated rings. The molecule has 0 bridgehead atoms. The number of amides is 1. The SMILES string of the molecule is CC1(C)C(=O)N(CC(F)(F)F)c2cc([C@H]3C[C@@H]3c3cc(Cl)nn4c(F)cnc34)ccc21. The van der Waals surface area contributed by atoms with Gasteiger partial charge in [-0.2, -0.15) is 27.2 Å². The van der Waals surface area contributed by atoms with Gasteiger partial charge in [-0.1, -0.05) is 23.7 Å². The first-order chi connectivity index (χ1) is 14.5. The van der Waals surface area contributed by atoms with Crippen molar-refractivity contribution in [3.8, 4) is 0 Å². The summed E-state index contributed by atoms with van der Waals surface area (Å²) in [5.41, 5.74) is 1.76. The molecule has 1 saturated carbocycles. The highest BCUT2D eigenvalue weighted by atomic mass is 35.5. The Kier molecular flexibility index (Phi) is 4.19. The monoisotopic (exact) mass is 452 g/mol. The molecule has 0 spiro atoms. The van der Waals surface area contributed by atoms with Gasteiger partial charge in [0.25, 0.3) is 0 Å². The van der Waals surface area contributed by atoms with Crippen LogP contribution in [0.4, 0.5) is 23.2 Å². The molecule has 5 rings (SSSR count). The standard InChI is InChI=1S/C21H17ClF4N4O/c1-20(2)14-4-3-10(5-15(14)29(19(20)31)9-21(24,25)26)11-6-12(11)13-7-16(22)28-30-17(23)8-27-18(13)30/h3-5,7-8,11-12H,6,9H2,1-2H3/t11-,12+/m1/s1. The Morgan fingerprint density at radius 1 is 1.23 bits per heavy atom. The van der Waals surface area contributed by atoms with Crippen LogP contribution in [-0.2, 0) is 10.2 Å². The molecule has 3 heterocycles. The Morgan fingerprint density at radius 3 is 2.68 bits per heavy atom. The Labute approximate surface area is 179 Å². The fraction of sp³-hybridized carbons (Fsp3) is 0.381. The van der Waals surface area contributed by atoms with E-state index in [-0.39, 0.29) is 17.0 Å². The fourth-order valence-corrected chi connectivity index (χ4v) is 4.74. The summed E-state index contributed by atoms with van der Waals surface area (Å²) < 4.78 is 54.3. The van der Waals surface area contributed by atoms with Crippen molar-refractivity contribution >= 4 is 28.8 Å². The van der Waals surface area contributed by atoms with Crippen LogP contribution in [0.15, 0.2) is 30.5 Å². The van der Waals surface area contributed by atoms with Crippen molar-refractivity contribution in [3.05, 3.63) is 58.3 Å². The Morgan fingerprint density at radius 2 is 1.97 bits per heavy atom. The first-order valence-corrected chi connectivity index (χ1v) is 10.1. The number of aromatic nitrogens is 3. The quantitative estimate of drug-likeness (QED) is 0.527. The summed E-state index contributed by atoms with van der Waals surface area (Å²) in [6, 6.07) is 6.90. The molecule has 2 aliphatic rings. The number of hydrogen-bond acceptors (Lipinski definition) is 3. The molecule has 1 aromatic carbocycles. The third-order valence-electron chi connectivity index (χ3n) is 6.15. The summed E-state index contributed by atoms with van der Waals surface area (Å²) in [4.78, 5) is 17.6. The number of anilines is 1. The van der Waals surface area contributed by atoms with Gasteiger partial charge >= 0.3 is 6.18 Å². The number of carbonyl (C=O) groups excluding carboxylic acids is 1. The van der Waals surface area contributed by atoms with Gasteiger partial charge in [0.15, 0.2) is 10.8 Å². The molecule has 2 atom stereocenters. The normalized spacial score (nSPS) is 22.3. The van der Waals surface area contributed by atoms with Crippen LogP contribution in [-0.4, -0.2) is 33.2 Å².